The lowest BCUT2D eigenvalue weighted by molar-refractivity contribution is -0.156. The van der Waals surface area contributed by atoms with Gasteiger partial charge in [0.25, 0.3) is 0 Å². The standard InChI is InChI=1S/C8H10O5/c1-3-12-8(11)5-13-7(10)4-6(2)9/h3H,1,4-5H2,2H3. The topological polar surface area (TPSA) is 69.7 Å². The fourth-order valence-corrected chi connectivity index (χ4v) is 0.521. The second-order valence-corrected chi connectivity index (χ2v) is 2.20. The highest BCUT2D eigenvalue weighted by Crippen LogP contribution is 1.89. The summed E-state index contributed by atoms with van der Waals surface area (Å²) in [4.78, 5) is 31.7. The lowest BCUT2D eigenvalue weighted by Gasteiger charge is -2.00. The van der Waals surface area contributed by atoms with Crippen LogP contribution in [0.5, 0.6) is 0 Å². The highest BCUT2D eigenvalue weighted by Gasteiger charge is 2.09. The molecule has 0 rings (SSSR count). The Kier molecular flexibility index (Phi) is 5.18. The molecule has 0 saturated heterocycles. The first kappa shape index (κ1) is 11.4. The normalized spacial score (nSPS) is 8.69. The van der Waals surface area contributed by atoms with E-state index in [2.05, 4.69) is 16.1 Å². The molecule has 0 aliphatic heterocycles. The quantitative estimate of drug-likeness (QED) is 0.348. The molecule has 0 radical (unpaired) electrons. The number of ether oxygens (including phenoxy) is 2. The Bertz CT molecular complexity index is 231. The average molecular weight is 186 g/mol. The van der Waals surface area contributed by atoms with Crippen molar-refractivity contribution < 1.29 is 23.9 Å². The maximum Gasteiger partial charge on any atom is 0.349 e. The lowest BCUT2D eigenvalue weighted by Crippen LogP contribution is -2.16. The summed E-state index contributed by atoms with van der Waals surface area (Å²) < 4.78 is 8.65. The van der Waals surface area contributed by atoms with E-state index in [1.807, 2.05) is 0 Å². The number of rotatable bonds is 5. The highest BCUT2D eigenvalue weighted by molar-refractivity contribution is 5.94. The van der Waals surface area contributed by atoms with Crippen LogP contribution in [0.2, 0.25) is 0 Å². The largest absolute Gasteiger partial charge is 0.453 e. The maximum absolute atomic E-state index is 10.7. The summed E-state index contributed by atoms with van der Waals surface area (Å²) in [5.41, 5.74) is 0. The minimum Gasteiger partial charge on any atom is -0.453 e. The smallest absolute Gasteiger partial charge is 0.349 e. The Morgan fingerprint density at radius 1 is 1.31 bits per heavy atom. The second kappa shape index (κ2) is 5.93. The Labute approximate surface area is 75.3 Å². The molecule has 0 aromatic rings. The van der Waals surface area contributed by atoms with Crippen LogP contribution in [-0.2, 0) is 23.9 Å². The van der Waals surface area contributed by atoms with E-state index in [4.69, 9.17) is 0 Å². The van der Waals surface area contributed by atoms with Gasteiger partial charge in [-0.15, -0.1) is 0 Å². The minimum atomic E-state index is -0.742. The molecule has 0 amide bonds. The summed E-state index contributed by atoms with van der Waals surface area (Å²) in [5.74, 6) is -1.79. The maximum atomic E-state index is 10.7. The molecule has 5 heteroatoms. The number of hydrogen-bond acceptors (Lipinski definition) is 5. The SMILES string of the molecule is C=COC(=O)COC(=O)CC(C)=O. The van der Waals surface area contributed by atoms with E-state index < -0.39 is 18.5 Å². The van der Waals surface area contributed by atoms with Gasteiger partial charge in [-0.05, 0) is 6.92 Å². The van der Waals surface area contributed by atoms with E-state index >= 15 is 0 Å². The van der Waals surface area contributed by atoms with Gasteiger partial charge in [-0.1, -0.05) is 6.58 Å². The van der Waals surface area contributed by atoms with Gasteiger partial charge < -0.3 is 9.47 Å². The van der Waals surface area contributed by atoms with E-state index in [9.17, 15) is 14.4 Å². The van der Waals surface area contributed by atoms with Crippen molar-refractivity contribution >= 4 is 17.7 Å². The Morgan fingerprint density at radius 2 is 1.92 bits per heavy atom. The molecule has 0 saturated carbocycles. The monoisotopic (exact) mass is 186 g/mol. The van der Waals surface area contributed by atoms with Gasteiger partial charge in [0.15, 0.2) is 6.61 Å². The molecule has 0 aliphatic rings. The van der Waals surface area contributed by atoms with Crippen molar-refractivity contribution in [2.24, 2.45) is 0 Å². The number of Topliss-reactive ketones (excluding diaryl/α,β-unsaturated/α-hetero) is 1. The molecule has 0 atom stereocenters. The molecular formula is C8H10O5. The van der Waals surface area contributed by atoms with Crippen LogP contribution in [0, 0.1) is 0 Å². The molecule has 0 bridgehead atoms. The van der Waals surface area contributed by atoms with Crippen molar-refractivity contribution in [3.05, 3.63) is 12.8 Å². The van der Waals surface area contributed by atoms with Crippen molar-refractivity contribution in [2.45, 2.75) is 13.3 Å². The van der Waals surface area contributed by atoms with Crippen LogP contribution >= 0.6 is 0 Å². The molecule has 0 aliphatic carbocycles. The van der Waals surface area contributed by atoms with Crippen molar-refractivity contribution in [2.75, 3.05) is 6.61 Å². The van der Waals surface area contributed by atoms with E-state index in [0.29, 0.717) is 0 Å². The van der Waals surface area contributed by atoms with Gasteiger partial charge in [0, 0.05) is 0 Å². The van der Waals surface area contributed by atoms with Crippen molar-refractivity contribution in [1.29, 1.82) is 0 Å². The molecule has 0 heterocycles. The molecule has 72 valence electrons. The molecule has 0 aromatic heterocycles. The number of hydrogen-bond donors (Lipinski definition) is 0. The van der Waals surface area contributed by atoms with Crippen LogP contribution < -0.4 is 0 Å². The van der Waals surface area contributed by atoms with Crippen molar-refractivity contribution in [1.82, 2.24) is 0 Å². The van der Waals surface area contributed by atoms with Gasteiger partial charge in [0.1, 0.15) is 12.2 Å². The van der Waals surface area contributed by atoms with Crippen LogP contribution in [0.3, 0.4) is 0 Å². The first-order valence-corrected chi connectivity index (χ1v) is 3.51. The van der Waals surface area contributed by atoms with Crippen molar-refractivity contribution in [3.63, 3.8) is 0 Å². The number of esters is 2. The summed E-state index contributed by atoms with van der Waals surface area (Å²) >= 11 is 0. The average Bonchev–Trinajstić information content (AvgIpc) is 2.00. The molecule has 0 fully saturated rings. The molecule has 0 N–H and O–H groups in total. The van der Waals surface area contributed by atoms with Gasteiger partial charge >= 0.3 is 11.9 Å². The summed E-state index contributed by atoms with van der Waals surface area (Å²) in [5, 5.41) is 0. The molecule has 5 nitrogen and oxygen atoms in total. The third kappa shape index (κ3) is 6.74. The van der Waals surface area contributed by atoms with E-state index in [-0.39, 0.29) is 12.2 Å². The van der Waals surface area contributed by atoms with Gasteiger partial charge in [-0.3, -0.25) is 9.59 Å². The second-order valence-electron chi connectivity index (χ2n) is 2.20. The summed E-state index contributed by atoms with van der Waals surface area (Å²) in [7, 11) is 0. The Morgan fingerprint density at radius 3 is 2.38 bits per heavy atom. The van der Waals surface area contributed by atoms with Gasteiger partial charge in [0.05, 0.1) is 6.26 Å². The zero-order chi connectivity index (χ0) is 10.3. The van der Waals surface area contributed by atoms with E-state index in [1.165, 1.54) is 6.92 Å². The third-order valence-corrected chi connectivity index (χ3v) is 0.959. The predicted molar refractivity (Wildman–Crippen MR) is 42.5 cm³/mol. The van der Waals surface area contributed by atoms with Crippen LogP contribution in [0.4, 0.5) is 0 Å². The van der Waals surface area contributed by atoms with Gasteiger partial charge in [0.2, 0.25) is 0 Å². The Hall–Kier alpha value is -1.65. The summed E-state index contributed by atoms with van der Waals surface area (Å²) in [6.45, 7) is 3.89. The molecule has 13 heavy (non-hydrogen) atoms. The minimum absolute atomic E-state index is 0.318. The highest BCUT2D eigenvalue weighted by atomic mass is 16.6. The summed E-state index contributed by atoms with van der Waals surface area (Å²) in [6, 6.07) is 0. The van der Waals surface area contributed by atoms with E-state index in [0.717, 1.165) is 6.26 Å². The summed E-state index contributed by atoms with van der Waals surface area (Å²) in [6.07, 6.45) is 0.600. The van der Waals surface area contributed by atoms with Crippen LogP contribution in [0.15, 0.2) is 12.8 Å². The first-order chi connectivity index (χ1) is 6.06. The van der Waals surface area contributed by atoms with Gasteiger partial charge in [-0.25, -0.2) is 4.79 Å². The fourth-order valence-electron chi connectivity index (χ4n) is 0.521. The fraction of sp³-hybridized carbons (Fsp3) is 0.375. The third-order valence-electron chi connectivity index (χ3n) is 0.959. The zero-order valence-corrected chi connectivity index (χ0v) is 7.24. The first-order valence-electron chi connectivity index (χ1n) is 3.51. The molecule has 0 unspecified atom stereocenters. The van der Waals surface area contributed by atoms with Gasteiger partial charge in [-0.2, -0.15) is 0 Å². The van der Waals surface area contributed by atoms with E-state index in [1.54, 1.807) is 0 Å². The zero-order valence-electron chi connectivity index (χ0n) is 7.24. The molecular weight excluding hydrogens is 176 g/mol. The number of ketones is 1. The molecule has 0 spiro atoms. The Balaban J connectivity index is 3.63. The predicted octanol–water partition coefficient (Wildman–Crippen LogP) is 0.195. The molecule has 0 aromatic carbocycles. The lowest BCUT2D eigenvalue weighted by atomic mass is 10.3. The van der Waals surface area contributed by atoms with Crippen LogP contribution in [0.1, 0.15) is 13.3 Å². The van der Waals surface area contributed by atoms with Crippen molar-refractivity contribution in [3.8, 4) is 0 Å². The van der Waals surface area contributed by atoms with Crippen LogP contribution in [0.25, 0.3) is 0 Å². The van der Waals surface area contributed by atoms with Crippen LogP contribution in [-0.4, -0.2) is 24.3 Å². The number of carbonyl (C=O) groups is 3. The number of carbonyl (C=O) groups excluding carboxylic acids is 3.